The number of thiocarbonyl (C=S) groups is 1. The summed E-state index contributed by atoms with van der Waals surface area (Å²) in [6.07, 6.45) is 1.05. The Bertz CT molecular complexity index is 1370. The zero-order chi connectivity index (χ0) is 25.9. The van der Waals surface area contributed by atoms with Crippen molar-refractivity contribution in [2.24, 2.45) is 5.92 Å². The number of carbonyl (C=O) groups excluding carboxylic acids is 2. The summed E-state index contributed by atoms with van der Waals surface area (Å²) in [5, 5.41) is 5.20. The third-order valence-electron chi connectivity index (χ3n) is 6.77. The number of hydrogen-bond acceptors (Lipinski definition) is 5. The van der Waals surface area contributed by atoms with Gasteiger partial charge in [0.1, 0.15) is 9.57 Å². The van der Waals surface area contributed by atoms with Gasteiger partial charge in [-0.1, -0.05) is 60.4 Å². The topological polar surface area (TPSA) is 83.4 Å². The number of benzene rings is 2. The van der Waals surface area contributed by atoms with Gasteiger partial charge in [-0.3, -0.25) is 14.4 Å². The van der Waals surface area contributed by atoms with Crippen molar-refractivity contribution in [3.63, 3.8) is 0 Å². The smallest absolute Gasteiger partial charge is 0.250 e. The van der Waals surface area contributed by atoms with E-state index >= 15 is 0 Å². The second-order valence-electron chi connectivity index (χ2n) is 9.53. The molecule has 9 heteroatoms. The van der Waals surface area contributed by atoms with Gasteiger partial charge in [-0.2, -0.15) is 0 Å². The fraction of sp³-hybridized carbons (Fsp3) is 0.286. The number of aromatic nitrogens is 1. The Morgan fingerprint density at radius 2 is 1.62 bits per heavy atom. The molecule has 190 valence electrons. The Balaban J connectivity index is 1.31. The van der Waals surface area contributed by atoms with E-state index in [9.17, 15) is 14.4 Å². The lowest BCUT2D eigenvalue weighted by molar-refractivity contribution is -0.116. The summed E-state index contributed by atoms with van der Waals surface area (Å²) in [6, 6.07) is 22.2. The number of thioether (sulfide) groups is 1. The zero-order valence-corrected chi connectivity index (χ0v) is 22.1. The molecule has 3 aromatic rings. The van der Waals surface area contributed by atoms with Crippen molar-refractivity contribution in [3.8, 4) is 0 Å². The number of likely N-dealkylation sites (tertiary alicyclic amines) is 1. The fourth-order valence-corrected chi connectivity index (χ4v) is 6.57. The highest BCUT2D eigenvalue weighted by atomic mass is 32.2. The molecule has 2 bridgehead atoms. The van der Waals surface area contributed by atoms with Crippen molar-refractivity contribution in [1.29, 1.82) is 0 Å². The monoisotopic (exact) mass is 532 g/mol. The van der Waals surface area contributed by atoms with Crippen LogP contribution in [0.25, 0.3) is 0 Å². The number of piperidine rings is 1. The number of fused-ring (bicyclic) bond motifs is 4. The number of rotatable bonds is 5. The molecule has 2 aliphatic heterocycles. The molecule has 0 radical (unpaired) electrons. The van der Waals surface area contributed by atoms with Crippen LogP contribution in [0.5, 0.6) is 0 Å². The number of nitrogens with one attached hydrogen (secondary N) is 2. The summed E-state index contributed by atoms with van der Waals surface area (Å²) in [6.45, 7) is 3.66. The Labute approximate surface area is 225 Å². The van der Waals surface area contributed by atoms with Crippen LogP contribution in [-0.2, 0) is 16.1 Å². The number of nitrogens with zero attached hydrogens (tertiary/aromatic N) is 2. The summed E-state index contributed by atoms with van der Waals surface area (Å²) >= 11 is 7.28. The number of carbonyl (C=O) groups is 2. The minimum absolute atomic E-state index is 0.0588. The van der Waals surface area contributed by atoms with E-state index in [0.717, 1.165) is 30.8 Å². The summed E-state index contributed by atoms with van der Waals surface area (Å²) in [4.78, 5) is 39.3. The number of hydrogen-bond donors (Lipinski definition) is 2. The Morgan fingerprint density at radius 1 is 0.919 bits per heavy atom. The molecule has 3 heterocycles. The molecule has 1 aromatic heterocycles. The number of pyridine rings is 1. The molecule has 0 aliphatic carbocycles. The molecule has 2 aromatic carbocycles. The van der Waals surface area contributed by atoms with Gasteiger partial charge in [0.25, 0.3) is 5.56 Å². The van der Waals surface area contributed by atoms with Crippen molar-refractivity contribution in [2.75, 3.05) is 23.7 Å². The van der Waals surface area contributed by atoms with Gasteiger partial charge in [-0.15, -0.1) is 0 Å². The van der Waals surface area contributed by atoms with E-state index in [-0.39, 0.29) is 23.3 Å². The molecule has 2 aliphatic rings. The van der Waals surface area contributed by atoms with E-state index in [0.29, 0.717) is 28.2 Å². The van der Waals surface area contributed by atoms with Crippen LogP contribution < -0.4 is 16.2 Å². The first kappa shape index (κ1) is 25.2. The van der Waals surface area contributed by atoms with Gasteiger partial charge in [-0.05, 0) is 48.2 Å². The van der Waals surface area contributed by atoms with Gasteiger partial charge in [0, 0.05) is 55.6 Å². The highest BCUT2D eigenvalue weighted by molar-refractivity contribution is 8.23. The minimum atomic E-state index is -0.527. The van der Waals surface area contributed by atoms with Crippen LogP contribution in [0.4, 0.5) is 11.4 Å². The molecule has 0 unspecified atom stereocenters. The third-order valence-corrected chi connectivity index (χ3v) is 8.50. The van der Waals surface area contributed by atoms with Crippen molar-refractivity contribution in [3.05, 3.63) is 94.4 Å². The largest absolute Gasteiger partial charge is 0.356 e. The average Bonchev–Trinajstić information content (AvgIpc) is 2.89. The summed E-state index contributed by atoms with van der Waals surface area (Å²) in [5.41, 5.74) is 3.31. The van der Waals surface area contributed by atoms with Gasteiger partial charge in [0.15, 0.2) is 0 Å². The van der Waals surface area contributed by atoms with Crippen LogP contribution in [0.3, 0.4) is 0 Å². The Kier molecular flexibility index (Phi) is 7.43. The highest BCUT2D eigenvalue weighted by Gasteiger charge is 2.36. The maximum absolute atomic E-state index is 13.5. The lowest BCUT2D eigenvalue weighted by Gasteiger charge is -2.43. The fourth-order valence-electron chi connectivity index (χ4n) is 5.17. The maximum Gasteiger partial charge on any atom is 0.250 e. The van der Waals surface area contributed by atoms with Crippen LogP contribution in [-0.4, -0.2) is 38.7 Å². The predicted molar refractivity (Wildman–Crippen MR) is 152 cm³/mol. The van der Waals surface area contributed by atoms with Crippen molar-refractivity contribution in [2.45, 2.75) is 31.1 Å². The van der Waals surface area contributed by atoms with Crippen LogP contribution in [0.15, 0.2) is 77.6 Å². The quantitative estimate of drug-likeness (QED) is 0.467. The van der Waals surface area contributed by atoms with Gasteiger partial charge in [0.2, 0.25) is 11.8 Å². The molecule has 2 amide bonds. The highest BCUT2D eigenvalue weighted by Crippen LogP contribution is 2.39. The minimum Gasteiger partial charge on any atom is -0.356 e. The first-order valence-corrected chi connectivity index (χ1v) is 13.5. The van der Waals surface area contributed by atoms with E-state index in [4.69, 9.17) is 12.2 Å². The first-order chi connectivity index (χ1) is 17.9. The van der Waals surface area contributed by atoms with Gasteiger partial charge in [0.05, 0.1) is 0 Å². The summed E-state index contributed by atoms with van der Waals surface area (Å²) in [7, 11) is 0. The van der Waals surface area contributed by atoms with Crippen molar-refractivity contribution >= 4 is 51.5 Å². The lowest BCUT2D eigenvalue weighted by Crippen LogP contribution is -2.48. The average molecular weight is 533 g/mol. The molecule has 2 N–H and O–H groups in total. The molecule has 1 saturated heterocycles. The van der Waals surface area contributed by atoms with Crippen LogP contribution in [0, 0.1) is 5.92 Å². The molecule has 37 heavy (non-hydrogen) atoms. The molecule has 3 atom stereocenters. The molecule has 1 fully saturated rings. The second kappa shape index (κ2) is 10.9. The standard InChI is InChI=1S/C28H28N4O3S2/c1-18(33)29-22-10-12-23(13-11-22)30-27(35)26(20-6-3-2-4-7-20)37-28(36)31-15-19-14-21(17-31)24-8-5-9-25(34)32(24)16-19/h2-13,19,21,26H,14-17H2,1H3,(H,29,33)(H,30,35)/t19-,21+,26-/m1/s1. The van der Waals surface area contributed by atoms with E-state index in [1.807, 2.05) is 47.0 Å². The maximum atomic E-state index is 13.5. The lowest BCUT2D eigenvalue weighted by atomic mass is 9.83. The first-order valence-electron chi connectivity index (χ1n) is 12.3. The van der Waals surface area contributed by atoms with E-state index in [1.165, 1.54) is 18.7 Å². The van der Waals surface area contributed by atoms with E-state index < -0.39 is 5.25 Å². The SMILES string of the molecule is CC(=O)Nc1ccc(NC(=O)[C@H](SC(=S)N2C[C@H]3C[C@@H](C2)c2cccc(=O)n2C3)c2ccccc2)cc1. The normalized spacial score (nSPS) is 18.9. The van der Waals surface area contributed by atoms with Gasteiger partial charge >= 0.3 is 0 Å². The molecule has 0 saturated carbocycles. The molecule has 0 spiro atoms. The van der Waals surface area contributed by atoms with Crippen LogP contribution in [0.2, 0.25) is 0 Å². The molecular formula is C28H28N4O3S2. The Morgan fingerprint density at radius 3 is 2.32 bits per heavy atom. The summed E-state index contributed by atoms with van der Waals surface area (Å²) in [5.74, 6) is 0.269. The van der Waals surface area contributed by atoms with Crippen molar-refractivity contribution < 1.29 is 9.59 Å². The summed E-state index contributed by atoms with van der Waals surface area (Å²) < 4.78 is 2.59. The van der Waals surface area contributed by atoms with Crippen molar-refractivity contribution in [1.82, 2.24) is 9.47 Å². The molecule has 7 nitrogen and oxygen atoms in total. The van der Waals surface area contributed by atoms with Crippen LogP contribution >= 0.6 is 24.0 Å². The van der Waals surface area contributed by atoms with Gasteiger partial charge in [-0.25, -0.2) is 0 Å². The van der Waals surface area contributed by atoms with E-state index in [1.54, 1.807) is 30.3 Å². The van der Waals surface area contributed by atoms with E-state index in [2.05, 4.69) is 15.5 Å². The van der Waals surface area contributed by atoms with Crippen LogP contribution in [0.1, 0.15) is 35.8 Å². The molecule has 5 rings (SSSR count). The zero-order valence-electron chi connectivity index (χ0n) is 20.4. The number of anilines is 2. The number of amides is 2. The Hall–Kier alpha value is -3.43. The third kappa shape index (κ3) is 5.78. The predicted octanol–water partition coefficient (Wildman–Crippen LogP) is 4.62. The van der Waals surface area contributed by atoms with Gasteiger partial charge < -0.3 is 20.1 Å². The molecular weight excluding hydrogens is 504 g/mol. The second-order valence-corrected chi connectivity index (χ2v) is 11.3.